The predicted octanol–water partition coefficient (Wildman–Crippen LogP) is 4.16. The van der Waals surface area contributed by atoms with Gasteiger partial charge in [0, 0.05) is 9.37 Å². The highest BCUT2D eigenvalue weighted by Crippen LogP contribution is 2.50. The minimum absolute atomic E-state index is 0.0761. The summed E-state index contributed by atoms with van der Waals surface area (Å²) in [6.45, 7) is 4.43. The van der Waals surface area contributed by atoms with Gasteiger partial charge in [-0.15, -0.1) is 11.8 Å². The van der Waals surface area contributed by atoms with Crippen molar-refractivity contribution in [2.24, 2.45) is 0 Å². The summed E-state index contributed by atoms with van der Waals surface area (Å²) < 4.78 is 6.25. The van der Waals surface area contributed by atoms with Gasteiger partial charge in [0.05, 0.1) is 12.0 Å². The molecular formula is C14H17BrO2S. The lowest BCUT2D eigenvalue weighted by atomic mass is 9.96. The SMILES string of the molecule is CCOC(=O)C1(c2ccc(SCC)c(Br)c2)CC1. The second-order valence-corrected chi connectivity index (χ2v) is 6.54. The molecule has 1 aromatic rings. The summed E-state index contributed by atoms with van der Waals surface area (Å²) in [7, 11) is 0. The van der Waals surface area contributed by atoms with Crippen LogP contribution in [-0.4, -0.2) is 18.3 Å². The maximum atomic E-state index is 12.0. The number of hydrogen-bond acceptors (Lipinski definition) is 3. The van der Waals surface area contributed by atoms with E-state index in [1.807, 2.05) is 6.92 Å². The quantitative estimate of drug-likeness (QED) is 0.599. The first kappa shape index (κ1) is 13.9. The molecule has 0 amide bonds. The third-order valence-corrected chi connectivity index (χ3v) is 5.07. The number of esters is 1. The Hall–Kier alpha value is -0.480. The molecule has 1 aliphatic rings. The van der Waals surface area contributed by atoms with Crippen molar-refractivity contribution in [3.8, 4) is 0 Å². The Morgan fingerprint density at radius 3 is 2.67 bits per heavy atom. The van der Waals surface area contributed by atoms with E-state index in [0.717, 1.165) is 28.6 Å². The van der Waals surface area contributed by atoms with Gasteiger partial charge in [0.1, 0.15) is 0 Å². The molecule has 0 bridgehead atoms. The van der Waals surface area contributed by atoms with Crippen molar-refractivity contribution in [2.45, 2.75) is 37.0 Å². The highest BCUT2D eigenvalue weighted by Gasteiger charge is 2.52. The smallest absolute Gasteiger partial charge is 0.316 e. The molecule has 0 aromatic heterocycles. The van der Waals surface area contributed by atoms with Crippen LogP contribution in [0.3, 0.4) is 0 Å². The molecule has 98 valence electrons. The van der Waals surface area contributed by atoms with Gasteiger partial charge in [0.2, 0.25) is 0 Å². The molecule has 0 spiro atoms. The molecule has 0 aliphatic heterocycles. The Balaban J connectivity index is 2.24. The molecule has 18 heavy (non-hydrogen) atoms. The average Bonchev–Trinajstić information content (AvgIpc) is 3.14. The Bertz CT molecular complexity index is 455. The van der Waals surface area contributed by atoms with Crippen molar-refractivity contribution in [1.82, 2.24) is 0 Å². The summed E-state index contributed by atoms with van der Waals surface area (Å²) in [6, 6.07) is 6.22. The Morgan fingerprint density at radius 1 is 1.44 bits per heavy atom. The second kappa shape index (κ2) is 5.66. The van der Waals surface area contributed by atoms with Crippen molar-refractivity contribution in [2.75, 3.05) is 12.4 Å². The number of rotatable bonds is 5. The van der Waals surface area contributed by atoms with Crippen LogP contribution in [0, 0.1) is 0 Å². The zero-order chi connectivity index (χ0) is 13.2. The largest absolute Gasteiger partial charge is 0.465 e. The van der Waals surface area contributed by atoms with E-state index >= 15 is 0 Å². The minimum atomic E-state index is -0.367. The molecule has 2 rings (SSSR count). The molecule has 0 heterocycles. The topological polar surface area (TPSA) is 26.3 Å². The number of hydrogen-bond donors (Lipinski definition) is 0. The second-order valence-electron chi connectivity index (χ2n) is 4.38. The number of carbonyl (C=O) groups is 1. The number of ether oxygens (including phenoxy) is 1. The van der Waals surface area contributed by atoms with Crippen LogP contribution in [-0.2, 0) is 14.9 Å². The predicted molar refractivity (Wildman–Crippen MR) is 78.1 cm³/mol. The monoisotopic (exact) mass is 328 g/mol. The van der Waals surface area contributed by atoms with E-state index < -0.39 is 0 Å². The van der Waals surface area contributed by atoms with Crippen LogP contribution in [0.25, 0.3) is 0 Å². The summed E-state index contributed by atoms with van der Waals surface area (Å²) in [5.74, 6) is 0.967. The standard InChI is InChI=1S/C14H17BrO2S/c1-3-17-13(16)14(7-8-14)10-5-6-12(18-4-2)11(15)9-10/h5-6,9H,3-4,7-8H2,1-2H3. The Labute approximate surface area is 121 Å². The molecule has 0 atom stereocenters. The van der Waals surface area contributed by atoms with Crippen LogP contribution in [0.4, 0.5) is 0 Å². The highest BCUT2D eigenvalue weighted by atomic mass is 79.9. The van der Waals surface area contributed by atoms with E-state index in [2.05, 4.69) is 41.1 Å². The molecule has 0 N–H and O–H groups in total. The Morgan fingerprint density at radius 2 is 2.17 bits per heavy atom. The van der Waals surface area contributed by atoms with Crippen LogP contribution < -0.4 is 0 Å². The lowest BCUT2D eigenvalue weighted by molar-refractivity contribution is -0.146. The van der Waals surface area contributed by atoms with Gasteiger partial charge in [-0.1, -0.05) is 13.0 Å². The normalized spacial score (nSPS) is 16.4. The van der Waals surface area contributed by atoms with Gasteiger partial charge in [-0.3, -0.25) is 4.79 Å². The molecule has 1 fully saturated rings. The summed E-state index contributed by atoms with van der Waals surface area (Å²) >= 11 is 5.38. The lowest BCUT2D eigenvalue weighted by Crippen LogP contribution is -2.23. The molecule has 0 saturated heterocycles. The van der Waals surface area contributed by atoms with Gasteiger partial charge in [0.15, 0.2) is 0 Å². The summed E-state index contributed by atoms with van der Waals surface area (Å²) in [6.07, 6.45) is 1.80. The zero-order valence-electron chi connectivity index (χ0n) is 10.7. The van der Waals surface area contributed by atoms with Crippen molar-refractivity contribution in [3.05, 3.63) is 28.2 Å². The van der Waals surface area contributed by atoms with Crippen molar-refractivity contribution < 1.29 is 9.53 Å². The first-order valence-corrected chi connectivity index (χ1v) is 8.02. The van der Waals surface area contributed by atoms with Crippen LogP contribution in [0.15, 0.2) is 27.6 Å². The van der Waals surface area contributed by atoms with Gasteiger partial charge in [-0.05, 0) is 59.1 Å². The number of carbonyl (C=O) groups excluding carboxylic acids is 1. The number of thioether (sulfide) groups is 1. The van der Waals surface area contributed by atoms with Crippen molar-refractivity contribution in [3.63, 3.8) is 0 Å². The fourth-order valence-corrected chi connectivity index (χ4v) is 3.47. The van der Waals surface area contributed by atoms with Gasteiger partial charge in [-0.25, -0.2) is 0 Å². The van der Waals surface area contributed by atoms with E-state index in [1.54, 1.807) is 11.8 Å². The summed E-state index contributed by atoms with van der Waals surface area (Å²) in [4.78, 5) is 13.2. The van der Waals surface area contributed by atoms with Gasteiger partial charge >= 0.3 is 5.97 Å². The van der Waals surface area contributed by atoms with E-state index in [0.29, 0.717) is 6.61 Å². The van der Waals surface area contributed by atoms with Crippen LogP contribution >= 0.6 is 27.7 Å². The van der Waals surface area contributed by atoms with Crippen molar-refractivity contribution >= 4 is 33.7 Å². The third kappa shape index (κ3) is 2.59. The van der Waals surface area contributed by atoms with Crippen LogP contribution in [0.5, 0.6) is 0 Å². The maximum absolute atomic E-state index is 12.0. The molecular weight excluding hydrogens is 312 g/mol. The number of benzene rings is 1. The molecule has 1 aromatic carbocycles. The zero-order valence-corrected chi connectivity index (χ0v) is 13.1. The average molecular weight is 329 g/mol. The van der Waals surface area contributed by atoms with Crippen LogP contribution in [0.2, 0.25) is 0 Å². The molecule has 1 saturated carbocycles. The fraction of sp³-hybridized carbons (Fsp3) is 0.500. The fourth-order valence-electron chi connectivity index (χ4n) is 2.08. The maximum Gasteiger partial charge on any atom is 0.316 e. The van der Waals surface area contributed by atoms with E-state index in [9.17, 15) is 4.79 Å². The molecule has 0 radical (unpaired) electrons. The highest BCUT2D eigenvalue weighted by molar-refractivity contribution is 9.10. The molecule has 1 aliphatic carbocycles. The van der Waals surface area contributed by atoms with E-state index in [4.69, 9.17) is 4.74 Å². The van der Waals surface area contributed by atoms with Gasteiger partial charge in [-0.2, -0.15) is 0 Å². The van der Waals surface area contributed by atoms with E-state index in [-0.39, 0.29) is 11.4 Å². The molecule has 0 unspecified atom stereocenters. The van der Waals surface area contributed by atoms with Gasteiger partial charge in [0.25, 0.3) is 0 Å². The first-order valence-electron chi connectivity index (χ1n) is 6.24. The Kier molecular flexibility index (Phi) is 4.38. The summed E-state index contributed by atoms with van der Waals surface area (Å²) in [5.41, 5.74) is 0.710. The van der Waals surface area contributed by atoms with E-state index in [1.165, 1.54) is 4.90 Å². The van der Waals surface area contributed by atoms with Gasteiger partial charge < -0.3 is 4.74 Å². The molecule has 2 nitrogen and oxygen atoms in total. The van der Waals surface area contributed by atoms with Crippen molar-refractivity contribution in [1.29, 1.82) is 0 Å². The van der Waals surface area contributed by atoms with Crippen LogP contribution in [0.1, 0.15) is 32.3 Å². The lowest BCUT2D eigenvalue weighted by Gasteiger charge is -2.15. The summed E-state index contributed by atoms with van der Waals surface area (Å²) in [5, 5.41) is 0. The third-order valence-electron chi connectivity index (χ3n) is 3.20. The minimum Gasteiger partial charge on any atom is -0.465 e. The number of halogens is 1. The first-order chi connectivity index (χ1) is 8.64. The molecule has 4 heteroatoms.